The summed E-state index contributed by atoms with van der Waals surface area (Å²) >= 11 is 0. The Balaban J connectivity index is 1.19. The molecule has 0 radical (unpaired) electrons. The topological polar surface area (TPSA) is 128 Å². The third-order valence-corrected chi connectivity index (χ3v) is 8.25. The Morgan fingerprint density at radius 2 is 1.89 bits per heavy atom. The van der Waals surface area contributed by atoms with Crippen LogP contribution in [0.15, 0.2) is 67.1 Å². The molecule has 0 amide bonds. The first-order valence-corrected chi connectivity index (χ1v) is 15.3. The quantitative estimate of drug-likeness (QED) is 0.135. The Morgan fingerprint density at radius 3 is 2.73 bits per heavy atom. The summed E-state index contributed by atoms with van der Waals surface area (Å²) in [6.45, 7) is 7.40. The lowest BCUT2D eigenvalue weighted by molar-refractivity contribution is 0.153. The molecule has 0 saturated carbocycles. The summed E-state index contributed by atoms with van der Waals surface area (Å²) < 4.78 is 20.7. The third kappa shape index (κ3) is 6.09. The van der Waals surface area contributed by atoms with Crippen LogP contribution in [0.25, 0.3) is 55.8 Å². The second-order valence-corrected chi connectivity index (χ2v) is 11.8. The van der Waals surface area contributed by atoms with Crippen LogP contribution in [0.2, 0.25) is 0 Å². The van der Waals surface area contributed by atoms with Crippen molar-refractivity contribution in [3.63, 3.8) is 0 Å². The molecule has 1 atom stereocenters. The van der Waals surface area contributed by atoms with Gasteiger partial charge < -0.3 is 20.1 Å². The minimum atomic E-state index is -0.678. The summed E-state index contributed by atoms with van der Waals surface area (Å²) in [5, 5.41) is 21.9. The zero-order chi connectivity index (χ0) is 30.9. The number of nitrogens with one attached hydrogen (secondary N) is 3. The number of fused-ring (bicyclic) bond motifs is 2. The number of aliphatic hydroxyl groups is 1. The molecule has 0 spiro atoms. The number of likely N-dealkylation sites (tertiary alicyclic amines) is 1. The second-order valence-electron chi connectivity index (χ2n) is 11.8. The highest BCUT2D eigenvalue weighted by Gasteiger charge is 2.18. The van der Waals surface area contributed by atoms with Crippen LogP contribution in [0, 0.1) is 11.7 Å². The van der Waals surface area contributed by atoms with E-state index in [1.807, 2.05) is 50.2 Å². The highest BCUT2D eigenvalue weighted by molar-refractivity contribution is 5.97. The summed E-state index contributed by atoms with van der Waals surface area (Å²) in [5.41, 5.74) is 6.63. The maximum atomic E-state index is 14.8. The zero-order valence-corrected chi connectivity index (χ0v) is 25.2. The lowest BCUT2D eigenvalue weighted by atomic mass is 10.0. The monoisotopic (exact) mass is 606 g/mol. The van der Waals surface area contributed by atoms with Crippen LogP contribution in [0.4, 0.5) is 10.1 Å². The van der Waals surface area contributed by atoms with Gasteiger partial charge in [-0.1, -0.05) is 19.9 Å². The number of aliphatic hydroxyl groups excluding tert-OH is 1. The van der Waals surface area contributed by atoms with E-state index in [1.54, 1.807) is 18.6 Å². The van der Waals surface area contributed by atoms with E-state index in [2.05, 4.69) is 35.4 Å². The molecule has 7 rings (SSSR count). The van der Waals surface area contributed by atoms with Crippen molar-refractivity contribution in [2.45, 2.75) is 32.9 Å². The molecule has 4 aromatic heterocycles. The summed E-state index contributed by atoms with van der Waals surface area (Å²) in [4.78, 5) is 19.5. The Kier molecular flexibility index (Phi) is 7.86. The number of aromatic nitrogens is 6. The SMILES string of the molecule is CC(C)C(O)Nc1cncc(-c2ccc3[nH]nc(-c4nc5c(-c6cc(F)cc(OCCN7CCCC7)c6)ccnc5[nH]4)c3c2)c1. The van der Waals surface area contributed by atoms with Crippen LogP contribution in [0.3, 0.4) is 0 Å². The Labute approximate surface area is 259 Å². The van der Waals surface area contributed by atoms with Gasteiger partial charge in [-0.15, -0.1) is 0 Å². The van der Waals surface area contributed by atoms with Gasteiger partial charge in [-0.25, -0.2) is 14.4 Å². The van der Waals surface area contributed by atoms with Crippen molar-refractivity contribution >= 4 is 27.8 Å². The molecule has 1 unspecified atom stereocenters. The number of benzene rings is 2. The van der Waals surface area contributed by atoms with Crippen LogP contribution < -0.4 is 10.1 Å². The van der Waals surface area contributed by atoms with E-state index in [1.165, 1.54) is 25.0 Å². The number of hydrogen-bond acceptors (Lipinski definition) is 8. The Hall–Kier alpha value is -4.87. The maximum Gasteiger partial charge on any atom is 0.160 e. The molecular formula is C34H35FN8O2. The second kappa shape index (κ2) is 12.3. The average Bonchev–Trinajstić information content (AvgIpc) is 3.80. The smallest absolute Gasteiger partial charge is 0.160 e. The first-order valence-electron chi connectivity index (χ1n) is 15.3. The van der Waals surface area contributed by atoms with E-state index < -0.39 is 6.23 Å². The van der Waals surface area contributed by atoms with E-state index in [0.717, 1.165) is 52.9 Å². The predicted octanol–water partition coefficient (Wildman–Crippen LogP) is 6.23. The Bertz CT molecular complexity index is 1960. The molecule has 10 nitrogen and oxygen atoms in total. The fourth-order valence-corrected chi connectivity index (χ4v) is 5.74. The highest BCUT2D eigenvalue weighted by atomic mass is 19.1. The first kappa shape index (κ1) is 28.9. The van der Waals surface area contributed by atoms with Crippen LogP contribution in [0.5, 0.6) is 5.75 Å². The van der Waals surface area contributed by atoms with E-state index in [4.69, 9.17) is 9.72 Å². The standard InChI is InChI=1S/C34H35FN8O2/c1-20(2)34(44)38-25-14-23(18-36-19-25)21-5-6-29-28(16-21)31(42-41-29)33-39-30-27(7-8-37-32(30)40-33)22-13-24(35)17-26(15-22)45-12-11-43-9-3-4-10-43/h5-8,13-20,34,38,44H,3-4,9-12H2,1-2H3,(H,41,42)(H,37,39,40). The lowest BCUT2D eigenvalue weighted by Gasteiger charge is -2.17. The number of H-pyrrole nitrogens is 2. The normalized spacial score (nSPS) is 14.5. The summed E-state index contributed by atoms with van der Waals surface area (Å²) in [6, 6.07) is 14.6. The third-order valence-electron chi connectivity index (χ3n) is 8.25. The lowest BCUT2D eigenvalue weighted by Crippen LogP contribution is -2.25. The van der Waals surface area contributed by atoms with Gasteiger partial charge in [0.25, 0.3) is 0 Å². The molecule has 0 bridgehead atoms. The number of nitrogens with zero attached hydrogens (tertiary/aromatic N) is 5. The van der Waals surface area contributed by atoms with Crippen molar-refractivity contribution in [2.75, 3.05) is 31.6 Å². The van der Waals surface area contributed by atoms with Gasteiger partial charge >= 0.3 is 0 Å². The molecular weight excluding hydrogens is 571 g/mol. The van der Waals surface area contributed by atoms with Crippen LogP contribution in [-0.2, 0) is 0 Å². The molecule has 2 aromatic carbocycles. The molecule has 1 saturated heterocycles. The number of aromatic amines is 2. The van der Waals surface area contributed by atoms with Crippen LogP contribution >= 0.6 is 0 Å². The number of imidazole rings is 1. The van der Waals surface area contributed by atoms with Crippen molar-refractivity contribution in [3.8, 4) is 39.5 Å². The Morgan fingerprint density at radius 1 is 1.02 bits per heavy atom. The molecule has 6 aromatic rings. The van der Waals surface area contributed by atoms with Crippen molar-refractivity contribution < 1.29 is 14.2 Å². The molecule has 1 fully saturated rings. The van der Waals surface area contributed by atoms with Gasteiger partial charge in [0, 0.05) is 41.5 Å². The van der Waals surface area contributed by atoms with E-state index >= 15 is 0 Å². The van der Waals surface area contributed by atoms with Gasteiger partial charge in [-0.2, -0.15) is 5.10 Å². The summed E-state index contributed by atoms with van der Waals surface area (Å²) in [6.07, 6.45) is 6.92. The van der Waals surface area contributed by atoms with Gasteiger partial charge in [0.15, 0.2) is 11.5 Å². The highest BCUT2D eigenvalue weighted by Crippen LogP contribution is 2.34. The fourth-order valence-electron chi connectivity index (χ4n) is 5.74. The van der Waals surface area contributed by atoms with E-state index in [9.17, 15) is 9.50 Å². The summed E-state index contributed by atoms with van der Waals surface area (Å²) in [7, 11) is 0. The average molecular weight is 607 g/mol. The number of anilines is 1. The number of rotatable bonds is 10. The first-order chi connectivity index (χ1) is 21.9. The van der Waals surface area contributed by atoms with Gasteiger partial charge in [-0.3, -0.25) is 15.0 Å². The van der Waals surface area contributed by atoms with E-state index in [-0.39, 0.29) is 11.7 Å². The van der Waals surface area contributed by atoms with Gasteiger partial charge in [-0.05, 0) is 79.4 Å². The predicted molar refractivity (Wildman–Crippen MR) is 173 cm³/mol. The number of hydrogen-bond donors (Lipinski definition) is 4. The number of ether oxygens (including phenoxy) is 1. The largest absolute Gasteiger partial charge is 0.492 e. The molecule has 230 valence electrons. The molecule has 4 N–H and O–H groups in total. The zero-order valence-electron chi connectivity index (χ0n) is 25.2. The minimum Gasteiger partial charge on any atom is -0.492 e. The minimum absolute atomic E-state index is 0.0539. The molecule has 1 aliphatic rings. The molecule has 11 heteroatoms. The number of halogens is 1. The van der Waals surface area contributed by atoms with Crippen molar-refractivity contribution in [1.29, 1.82) is 0 Å². The van der Waals surface area contributed by atoms with Crippen molar-refractivity contribution in [3.05, 3.63) is 72.9 Å². The van der Waals surface area contributed by atoms with Gasteiger partial charge in [0.05, 0.1) is 17.4 Å². The molecule has 5 heterocycles. The molecule has 0 aliphatic carbocycles. The van der Waals surface area contributed by atoms with E-state index in [0.29, 0.717) is 40.6 Å². The summed E-state index contributed by atoms with van der Waals surface area (Å²) in [5.74, 6) is 0.713. The van der Waals surface area contributed by atoms with Crippen molar-refractivity contribution in [2.24, 2.45) is 5.92 Å². The van der Waals surface area contributed by atoms with Crippen LogP contribution in [-0.4, -0.2) is 72.6 Å². The number of pyridine rings is 2. The van der Waals surface area contributed by atoms with Crippen molar-refractivity contribution in [1.82, 2.24) is 35.0 Å². The maximum absolute atomic E-state index is 14.8. The fraction of sp³-hybridized carbons (Fsp3) is 0.294. The van der Waals surface area contributed by atoms with Crippen LogP contribution in [0.1, 0.15) is 26.7 Å². The van der Waals surface area contributed by atoms with Gasteiger partial charge in [0.2, 0.25) is 0 Å². The van der Waals surface area contributed by atoms with Gasteiger partial charge in [0.1, 0.15) is 35.6 Å². The molecule has 1 aliphatic heterocycles. The molecule has 45 heavy (non-hydrogen) atoms.